The Morgan fingerprint density at radius 2 is 2.33 bits per heavy atom. The fourth-order valence-corrected chi connectivity index (χ4v) is 3.06. The van der Waals surface area contributed by atoms with Crippen LogP contribution in [0.2, 0.25) is 0 Å². The Balaban J connectivity index is 1.78. The smallest absolute Gasteiger partial charge is 0.122 e. The molecule has 0 amide bonds. The number of para-hydroxylation sites is 1. The van der Waals surface area contributed by atoms with Crippen molar-refractivity contribution in [3.8, 4) is 5.75 Å². The third-order valence-corrected chi connectivity index (χ3v) is 4.25. The van der Waals surface area contributed by atoms with Crippen LogP contribution in [-0.2, 0) is 0 Å². The van der Waals surface area contributed by atoms with Crippen LogP contribution in [0.4, 0.5) is 0 Å². The first-order valence-electron chi connectivity index (χ1n) is 6.13. The number of aromatic nitrogens is 1. The van der Waals surface area contributed by atoms with E-state index in [0.717, 1.165) is 30.1 Å². The summed E-state index contributed by atoms with van der Waals surface area (Å²) in [5.41, 5.74) is 2.98. The molecule has 3 rings (SSSR count). The van der Waals surface area contributed by atoms with E-state index in [1.54, 1.807) is 11.7 Å². The van der Waals surface area contributed by atoms with Crippen LogP contribution in [0.3, 0.4) is 0 Å². The number of ether oxygens (including phenoxy) is 1. The Hall–Kier alpha value is -1.39. The summed E-state index contributed by atoms with van der Waals surface area (Å²) in [6, 6.07) is 8.11. The van der Waals surface area contributed by atoms with Gasteiger partial charge in [0.05, 0.1) is 23.1 Å². The number of fused-ring (bicyclic) bond motifs is 1. The summed E-state index contributed by atoms with van der Waals surface area (Å²) in [7, 11) is 0. The van der Waals surface area contributed by atoms with Gasteiger partial charge in [-0.2, -0.15) is 0 Å². The normalized spacial score (nSPS) is 19.9. The summed E-state index contributed by atoms with van der Waals surface area (Å²) < 4.78 is 5.63. The summed E-state index contributed by atoms with van der Waals surface area (Å²) in [6.07, 6.45) is 3.03. The fraction of sp³-hybridized carbons (Fsp3) is 0.357. The maximum atomic E-state index is 10.2. The number of aliphatic hydroxyl groups excluding tert-OH is 1. The molecule has 0 saturated carbocycles. The molecular weight excluding hydrogens is 246 g/mol. The lowest BCUT2D eigenvalue weighted by Crippen LogP contribution is -2.16. The minimum absolute atomic E-state index is 0.368. The molecule has 2 aromatic rings. The fourth-order valence-electron chi connectivity index (χ4n) is 2.44. The lowest BCUT2D eigenvalue weighted by molar-refractivity contribution is 0.148. The summed E-state index contributed by atoms with van der Waals surface area (Å²) in [5, 5.41) is 10.2. The number of hydrogen-bond acceptors (Lipinski definition) is 4. The van der Waals surface area contributed by atoms with Gasteiger partial charge in [0, 0.05) is 6.20 Å². The largest absolute Gasteiger partial charge is 0.493 e. The second-order valence-electron chi connectivity index (χ2n) is 4.53. The van der Waals surface area contributed by atoms with E-state index in [1.807, 2.05) is 18.2 Å². The molecule has 4 heteroatoms. The van der Waals surface area contributed by atoms with Gasteiger partial charge in [-0.25, -0.2) is 0 Å². The molecule has 2 atom stereocenters. The van der Waals surface area contributed by atoms with Crippen molar-refractivity contribution < 1.29 is 9.84 Å². The Morgan fingerprint density at radius 1 is 1.44 bits per heavy atom. The molecule has 3 nitrogen and oxygen atoms in total. The number of rotatable bonds is 3. The minimum Gasteiger partial charge on any atom is -0.493 e. The van der Waals surface area contributed by atoms with Crippen molar-refractivity contribution in [3.05, 3.63) is 46.4 Å². The number of hydrogen-bond donors (Lipinski definition) is 1. The zero-order chi connectivity index (χ0) is 12.4. The molecule has 1 aromatic carbocycles. The first-order chi connectivity index (χ1) is 8.84. The van der Waals surface area contributed by atoms with Gasteiger partial charge in [-0.15, -0.1) is 11.3 Å². The van der Waals surface area contributed by atoms with Crippen LogP contribution in [0.25, 0.3) is 0 Å². The van der Waals surface area contributed by atoms with E-state index in [9.17, 15) is 5.11 Å². The van der Waals surface area contributed by atoms with E-state index in [4.69, 9.17) is 4.74 Å². The highest BCUT2D eigenvalue weighted by molar-refractivity contribution is 7.09. The van der Waals surface area contributed by atoms with Crippen molar-refractivity contribution in [2.24, 2.45) is 0 Å². The zero-order valence-electron chi connectivity index (χ0n) is 9.95. The number of benzene rings is 1. The first kappa shape index (κ1) is 11.7. The van der Waals surface area contributed by atoms with Crippen molar-refractivity contribution in [1.29, 1.82) is 0 Å². The topological polar surface area (TPSA) is 42.4 Å². The van der Waals surface area contributed by atoms with E-state index < -0.39 is 6.10 Å². The van der Waals surface area contributed by atoms with Crippen molar-refractivity contribution in [2.75, 3.05) is 6.61 Å². The van der Waals surface area contributed by atoms with Crippen LogP contribution in [0.5, 0.6) is 5.75 Å². The summed E-state index contributed by atoms with van der Waals surface area (Å²) >= 11 is 1.51. The third-order valence-electron chi connectivity index (χ3n) is 3.37. The monoisotopic (exact) mass is 261 g/mol. The number of aliphatic hydroxyl groups is 1. The Labute approximate surface area is 110 Å². The van der Waals surface area contributed by atoms with Crippen LogP contribution in [0.15, 0.2) is 36.0 Å². The molecule has 1 aliphatic rings. The molecule has 94 valence electrons. The maximum Gasteiger partial charge on any atom is 0.122 e. The Kier molecular flexibility index (Phi) is 3.30. The third kappa shape index (κ3) is 2.26. The lowest BCUT2D eigenvalue weighted by Gasteiger charge is -2.27. The van der Waals surface area contributed by atoms with Gasteiger partial charge in [0.15, 0.2) is 0 Å². The van der Waals surface area contributed by atoms with Gasteiger partial charge < -0.3 is 9.84 Å². The van der Waals surface area contributed by atoms with Gasteiger partial charge in [-0.1, -0.05) is 18.2 Å². The second kappa shape index (κ2) is 5.08. The van der Waals surface area contributed by atoms with E-state index in [1.165, 1.54) is 16.9 Å². The molecule has 0 radical (unpaired) electrons. The van der Waals surface area contributed by atoms with E-state index in [2.05, 4.69) is 11.1 Å². The molecule has 1 N–H and O–H groups in total. The first-order valence-corrected chi connectivity index (χ1v) is 7.00. The molecule has 18 heavy (non-hydrogen) atoms. The van der Waals surface area contributed by atoms with Gasteiger partial charge >= 0.3 is 0 Å². The van der Waals surface area contributed by atoms with E-state index in [0.29, 0.717) is 5.92 Å². The quantitative estimate of drug-likeness (QED) is 0.923. The molecule has 2 heterocycles. The average molecular weight is 261 g/mol. The highest BCUT2D eigenvalue weighted by atomic mass is 32.1. The van der Waals surface area contributed by atoms with Crippen molar-refractivity contribution in [3.63, 3.8) is 0 Å². The number of nitrogens with zero attached hydrogens (tertiary/aromatic N) is 1. The van der Waals surface area contributed by atoms with Crippen molar-refractivity contribution >= 4 is 11.3 Å². The molecule has 0 bridgehead atoms. The summed E-state index contributed by atoms with van der Waals surface area (Å²) in [5.74, 6) is 1.33. The zero-order valence-corrected chi connectivity index (χ0v) is 10.8. The second-order valence-corrected chi connectivity index (χ2v) is 5.45. The molecule has 0 spiro atoms. The summed E-state index contributed by atoms with van der Waals surface area (Å²) in [6.45, 7) is 0.733. The van der Waals surface area contributed by atoms with Crippen LogP contribution in [0.1, 0.15) is 35.3 Å². The van der Waals surface area contributed by atoms with Gasteiger partial charge in [0.2, 0.25) is 0 Å². The van der Waals surface area contributed by atoms with Crippen LogP contribution in [0, 0.1) is 0 Å². The lowest BCUT2D eigenvalue weighted by atomic mass is 9.88. The predicted octanol–water partition coefficient (Wildman–Crippen LogP) is 3.13. The molecule has 1 aromatic heterocycles. The Morgan fingerprint density at radius 3 is 3.17 bits per heavy atom. The van der Waals surface area contributed by atoms with Gasteiger partial charge in [-0.3, -0.25) is 4.98 Å². The number of thiazole rings is 1. The van der Waals surface area contributed by atoms with Crippen molar-refractivity contribution in [2.45, 2.75) is 24.9 Å². The van der Waals surface area contributed by atoms with Crippen LogP contribution >= 0.6 is 11.3 Å². The SMILES string of the molecule is OC(CC1CCOc2ccccc21)c1cncs1. The molecule has 0 fully saturated rings. The van der Waals surface area contributed by atoms with Gasteiger partial charge in [0.1, 0.15) is 5.75 Å². The van der Waals surface area contributed by atoms with Gasteiger partial charge in [-0.05, 0) is 30.4 Å². The van der Waals surface area contributed by atoms with Gasteiger partial charge in [0.25, 0.3) is 0 Å². The predicted molar refractivity (Wildman–Crippen MR) is 71.0 cm³/mol. The van der Waals surface area contributed by atoms with Crippen LogP contribution in [-0.4, -0.2) is 16.7 Å². The molecule has 0 aliphatic carbocycles. The minimum atomic E-state index is -0.423. The molecular formula is C14H15NO2S. The van der Waals surface area contributed by atoms with Crippen molar-refractivity contribution in [1.82, 2.24) is 4.98 Å². The molecule has 2 unspecified atom stereocenters. The highest BCUT2D eigenvalue weighted by Gasteiger charge is 2.24. The summed E-state index contributed by atoms with van der Waals surface area (Å²) in [4.78, 5) is 4.96. The van der Waals surface area contributed by atoms with Crippen LogP contribution < -0.4 is 4.74 Å². The van der Waals surface area contributed by atoms with E-state index >= 15 is 0 Å². The standard InChI is InChI=1S/C14H15NO2S/c16-12(14-8-15-9-18-14)7-10-5-6-17-13-4-2-1-3-11(10)13/h1-4,8-10,12,16H,5-7H2. The molecule has 1 aliphatic heterocycles. The maximum absolute atomic E-state index is 10.2. The highest BCUT2D eigenvalue weighted by Crippen LogP contribution is 2.39. The average Bonchev–Trinajstić information content (AvgIpc) is 2.93. The van der Waals surface area contributed by atoms with E-state index in [-0.39, 0.29) is 0 Å². The molecule has 0 saturated heterocycles. The Bertz CT molecular complexity index is 512.